The number of benzene rings is 2. The van der Waals surface area contributed by atoms with Gasteiger partial charge in [0, 0.05) is 59.0 Å². The molecule has 27 heavy (non-hydrogen) atoms. The predicted octanol–water partition coefficient (Wildman–Crippen LogP) is 4.95. The molecular weight excluding hydrogens is 394 g/mol. The molecule has 144 valence electrons. The molecule has 0 spiro atoms. The van der Waals surface area contributed by atoms with Gasteiger partial charge in [-0.05, 0) is 73.9 Å². The molecule has 0 bridgehead atoms. The second-order valence-corrected chi connectivity index (χ2v) is 10.0. The second kappa shape index (κ2) is 9.21. The fourth-order valence-electron chi connectivity index (χ4n) is 3.48. The predicted molar refractivity (Wildman–Crippen MR) is 117 cm³/mol. The minimum absolute atomic E-state index is 0.788. The van der Waals surface area contributed by atoms with Crippen molar-refractivity contribution in [1.29, 1.82) is 0 Å². The third-order valence-corrected chi connectivity index (χ3v) is 7.54. The number of likely N-dealkylation sites (N-methyl/N-ethyl adjacent to an activating group) is 1. The Morgan fingerprint density at radius 3 is 2.48 bits per heavy atom. The van der Waals surface area contributed by atoms with E-state index >= 15 is 0 Å². The van der Waals surface area contributed by atoms with Gasteiger partial charge in [0.15, 0.2) is 0 Å². The molecule has 2 aromatic carbocycles. The molecule has 2 heterocycles. The molecular formula is C21H26ClN3S2. The number of fused-ring (bicyclic) bond motifs is 1. The summed E-state index contributed by atoms with van der Waals surface area (Å²) in [5.41, 5.74) is 1.46. The molecule has 0 atom stereocenters. The Bertz CT molecular complexity index is 761. The van der Waals surface area contributed by atoms with Gasteiger partial charge in [-0.2, -0.15) is 0 Å². The highest BCUT2D eigenvalue weighted by atomic mass is 35.5. The van der Waals surface area contributed by atoms with Crippen molar-refractivity contribution in [2.75, 3.05) is 46.3 Å². The number of hydrogen-bond acceptors (Lipinski definition) is 5. The van der Waals surface area contributed by atoms with Gasteiger partial charge in [-0.25, -0.2) is 4.31 Å². The van der Waals surface area contributed by atoms with Crippen LogP contribution in [-0.4, -0.2) is 60.4 Å². The fraction of sp³-hybridized carbons (Fsp3) is 0.429. The molecule has 2 aliphatic rings. The summed E-state index contributed by atoms with van der Waals surface area (Å²) in [4.78, 5) is 8.96. The fourth-order valence-corrected chi connectivity index (χ4v) is 5.67. The van der Waals surface area contributed by atoms with Gasteiger partial charge in [0.2, 0.25) is 0 Å². The van der Waals surface area contributed by atoms with Crippen LogP contribution in [0, 0.1) is 0 Å². The zero-order chi connectivity index (χ0) is 18.6. The summed E-state index contributed by atoms with van der Waals surface area (Å²) in [5, 5.41) is 0.788. The first-order chi connectivity index (χ1) is 13.2. The number of nitrogens with zero attached hydrogens (tertiary/aromatic N) is 3. The van der Waals surface area contributed by atoms with E-state index in [0.717, 1.165) is 18.1 Å². The van der Waals surface area contributed by atoms with E-state index in [-0.39, 0.29) is 0 Å². The quantitative estimate of drug-likeness (QED) is 0.611. The molecule has 2 aromatic rings. The molecule has 0 amide bonds. The molecule has 0 saturated carbocycles. The SMILES string of the molecule is CN1CCN(CCCN2Cc3ccc(Sc4ccc(Cl)cc4)cc3S2)CC1. The van der Waals surface area contributed by atoms with Crippen molar-refractivity contribution in [1.82, 2.24) is 14.1 Å². The first-order valence-corrected chi connectivity index (χ1v) is 11.5. The maximum absolute atomic E-state index is 5.98. The summed E-state index contributed by atoms with van der Waals surface area (Å²) in [6.45, 7) is 8.29. The van der Waals surface area contributed by atoms with E-state index < -0.39 is 0 Å². The van der Waals surface area contributed by atoms with Crippen molar-refractivity contribution in [3.8, 4) is 0 Å². The number of halogens is 1. The minimum Gasteiger partial charge on any atom is -0.304 e. The van der Waals surface area contributed by atoms with Crippen LogP contribution in [0.25, 0.3) is 0 Å². The lowest BCUT2D eigenvalue weighted by atomic mass is 10.2. The lowest BCUT2D eigenvalue weighted by Crippen LogP contribution is -2.45. The average molecular weight is 420 g/mol. The van der Waals surface area contributed by atoms with E-state index in [1.165, 1.54) is 59.4 Å². The normalized spacial score (nSPS) is 18.7. The standard InChI is InChI=1S/C21H26ClN3S2/c1-23-11-13-24(14-12-23)9-2-10-25-16-17-3-6-20(15-21(17)27-25)26-19-7-4-18(22)5-8-19/h3-8,15H,2,9-14,16H2,1H3. The molecule has 0 N–H and O–H groups in total. The summed E-state index contributed by atoms with van der Waals surface area (Å²) in [6, 6.07) is 14.9. The van der Waals surface area contributed by atoms with Crippen molar-refractivity contribution in [2.45, 2.75) is 27.7 Å². The Labute approximate surface area is 176 Å². The van der Waals surface area contributed by atoms with E-state index in [0.29, 0.717) is 0 Å². The van der Waals surface area contributed by atoms with Crippen molar-refractivity contribution < 1.29 is 0 Å². The van der Waals surface area contributed by atoms with Crippen molar-refractivity contribution >= 4 is 35.3 Å². The van der Waals surface area contributed by atoms with Gasteiger partial charge in [-0.1, -0.05) is 29.4 Å². The maximum Gasteiger partial charge on any atom is 0.0406 e. The third-order valence-electron chi connectivity index (χ3n) is 5.14. The van der Waals surface area contributed by atoms with Crippen LogP contribution in [0.4, 0.5) is 0 Å². The summed E-state index contributed by atoms with van der Waals surface area (Å²) in [7, 11) is 2.22. The van der Waals surface area contributed by atoms with Gasteiger partial charge in [0.05, 0.1) is 0 Å². The third kappa shape index (κ3) is 5.43. The van der Waals surface area contributed by atoms with Crippen LogP contribution in [0.2, 0.25) is 5.02 Å². The van der Waals surface area contributed by atoms with E-state index in [1.54, 1.807) is 11.8 Å². The monoisotopic (exact) mass is 419 g/mol. The number of hydrogen-bond donors (Lipinski definition) is 0. The topological polar surface area (TPSA) is 9.72 Å². The Kier molecular flexibility index (Phi) is 6.69. The summed E-state index contributed by atoms with van der Waals surface area (Å²) in [6.07, 6.45) is 1.25. The zero-order valence-electron chi connectivity index (χ0n) is 15.7. The van der Waals surface area contributed by atoms with Crippen molar-refractivity contribution in [3.63, 3.8) is 0 Å². The summed E-state index contributed by atoms with van der Waals surface area (Å²) >= 11 is 9.70. The molecule has 1 saturated heterocycles. The number of piperazine rings is 1. The van der Waals surface area contributed by atoms with Crippen LogP contribution in [0.15, 0.2) is 57.2 Å². The Balaban J connectivity index is 1.26. The summed E-state index contributed by atoms with van der Waals surface area (Å²) < 4.78 is 2.51. The maximum atomic E-state index is 5.98. The van der Waals surface area contributed by atoms with E-state index in [9.17, 15) is 0 Å². The van der Waals surface area contributed by atoms with Gasteiger partial charge < -0.3 is 9.80 Å². The van der Waals surface area contributed by atoms with Crippen LogP contribution >= 0.6 is 35.3 Å². The lowest BCUT2D eigenvalue weighted by molar-refractivity contribution is 0.151. The Morgan fingerprint density at radius 1 is 0.963 bits per heavy atom. The van der Waals surface area contributed by atoms with E-state index in [4.69, 9.17) is 11.6 Å². The second-order valence-electron chi connectivity index (χ2n) is 7.28. The van der Waals surface area contributed by atoms with E-state index in [1.807, 2.05) is 24.1 Å². The van der Waals surface area contributed by atoms with Crippen molar-refractivity contribution in [2.24, 2.45) is 0 Å². The molecule has 0 aromatic heterocycles. The molecule has 0 aliphatic carbocycles. The first-order valence-electron chi connectivity index (χ1n) is 9.56. The smallest absolute Gasteiger partial charge is 0.0406 e. The van der Waals surface area contributed by atoms with Gasteiger partial charge in [-0.3, -0.25) is 0 Å². The molecule has 0 radical (unpaired) electrons. The van der Waals surface area contributed by atoms with Gasteiger partial charge in [0.1, 0.15) is 0 Å². The molecule has 3 nitrogen and oxygen atoms in total. The molecule has 6 heteroatoms. The highest BCUT2D eigenvalue weighted by Crippen LogP contribution is 2.39. The highest BCUT2D eigenvalue weighted by Gasteiger charge is 2.21. The molecule has 1 fully saturated rings. The largest absolute Gasteiger partial charge is 0.304 e. The Hall–Kier alpha value is -0.690. The van der Waals surface area contributed by atoms with E-state index in [2.05, 4.69) is 51.5 Å². The average Bonchev–Trinajstić information content (AvgIpc) is 3.07. The first kappa shape index (κ1) is 19.6. The molecule has 0 unspecified atom stereocenters. The highest BCUT2D eigenvalue weighted by molar-refractivity contribution is 7.99. The van der Waals surface area contributed by atoms with Crippen LogP contribution in [0.5, 0.6) is 0 Å². The van der Waals surface area contributed by atoms with Gasteiger partial charge in [-0.15, -0.1) is 0 Å². The lowest BCUT2D eigenvalue weighted by Gasteiger charge is -2.32. The van der Waals surface area contributed by atoms with Crippen molar-refractivity contribution in [3.05, 3.63) is 53.1 Å². The Morgan fingerprint density at radius 2 is 1.70 bits per heavy atom. The van der Waals surface area contributed by atoms with Crippen LogP contribution in [-0.2, 0) is 6.54 Å². The zero-order valence-corrected chi connectivity index (χ0v) is 18.1. The molecule has 2 aliphatic heterocycles. The van der Waals surface area contributed by atoms with Crippen LogP contribution in [0.1, 0.15) is 12.0 Å². The van der Waals surface area contributed by atoms with Crippen LogP contribution < -0.4 is 0 Å². The molecule has 4 rings (SSSR count). The van der Waals surface area contributed by atoms with Crippen LogP contribution in [0.3, 0.4) is 0 Å². The van der Waals surface area contributed by atoms with Gasteiger partial charge >= 0.3 is 0 Å². The van der Waals surface area contributed by atoms with Gasteiger partial charge in [0.25, 0.3) is 0 Å². The number of rotatable bonds is 6. The summed E-state index contributed by atoms with van der Waals surface area (Å²) in [5.74, 6) is 0. The minimum atomic E-state index is 0.788.